The number of fused-ring (bicyclic) bond motifs is 4. The van der Waals surface area contributed by atoms with Gasteiger partial charge in [0.1, 0.15) is 23.0 Å². The van der Waals surface area contributed by atoms with Crippen molar-refractivity contribution in [2.75, 3.05) is 28.4 Å². The maximum Gasteiger partial charge on any atom is 2.00 e. The topological polar surface area (TPSA) is 83.0 Å². The molecule has 60 heavy (non-hydrogen) atoms. The van der Waals surface area contributed by atoms with Crippen molar-refractivity contribution in [3.8, 4) is 34.5 Å². The van der Waals surface area contributed by atoms with E-state index < -0.39 is 0 Å². The van der Waals surface area contributed by atoms with Gasteiger partial charge in [-0.2, -0.15) is 70.1 Å². The predicted octanol–water partition coefficient (Wildman–Crippen LogP) is 11.8. The summed E-state index contributed by atoms with van der Waals surface area (Å²) >= 11 is 0. The third-order valence-electron chi connectivity index (χ3n) is 8.96. The fraction of sp³-hybridized carbons (Fsp3) is 0.0769. The van der Waals surface area contributed by atoms with Crippen molar-refractivity contribution >= 4 is 43.1 Å². The fourth-order valence-corrected chi connectivity index (χ4v) is 5.91. The first-order valence-corrected chi connectivity index (χ1v) is 18.6. The minimum absolute atomic E-state index is 0. The summed E-state index contributed by atoms with van der Waals surface area (Å²) in [6, 6.07) is 68.5. The van der Waals surface area contributed by atoms with E-state index in [0.29, 0.717) is 23.0 Å². The summed E-state index contributed by atoms with van der Waals surface area (Å²) < 4.78 is 19.2. The van der Waals surface area contributed by atoms with Gasteiger partial charge in [0.25, 0.3) is 0 Å². The van der Waals surface area contributed by atoms with Crippen LogP contribution in [0.3, 0.4) is 0 Å². The van der Waals surface area contributed by atoms with Gasteiger partial charge in [0.05, 0.1) is 28.4 Å². The minimum atomic E-state index is -0.211. The first kappa shape index (κ1) is 48.7. The van der Waals surface area contributed by atoms with Crippen LogP contribution < -0.4 is 29.2 Å². The van der Waals surface area contributed by atoms with Crippen molar-refractivity contribution in [2.45, 2.75) is 0 Å². The Morgan fingerprint density at radius 3 is 0.717 bits per heavy atom. The summed E-state index contributed by atoms with van der Waals surface area (Å²) in [5.74, 6) is 0.817. The maximum absolute atomic E-state index is 11.2. The Balaban J connectivity index is 0.000000191. The number of benzene rings is 6. The van der Waals surface area contributed by atoms with Crippen LogP contribution in [-0.2, 0) is 52.4 Å². The van der Waals surface area contributed by atoms with E-state index in [4.69, 9.17) is 18.9 Å². The van der Waals surface area contributed by atoms with Crippen molar-refractivity contribution in [2.24, 2.45) is 0 Å². The van der Waals surface area contributed by atoms with Crippen LogP contribution in [0.25, 0.3) is 43.1 Å². The monoisotopic (exact) mass is 946 g/mol. The van der Waals surface area contributed by atoms with Crippen molar-refractivity contribution in [3.05, 3.63) is 206 Å². The van der Waals surface area contributed by atoms with Gasteiger partial charge in [-0.3, -0.25) is 0 Å². The van der Waals surface area contributed by atoms with E-state index in [0.717, 1.165) is 0 Å². The van der Waals surface area contributed by atoms with Crippen LogP contribution in [-0.4, -0.2) is 28.4 Å². The molecule has 0 saturated carbocycles. The Labute approximate surface area is 390 Å². The normalized spacial score (nSPS) is 9.53. The molecule has 10 rings (SSSR count). The number of para-hydroxylation sites is 2. The molecular weight excluding hydrogens is 903 g/mol. The summed E-state index contributed by atoms with van der Waals surface area (Å²) in [5.41, 5.74) is 0. The largest absolute Gasteiger partial charge is 2.00 e. The predicted molar refractivity (Wildman–Crippen MR) is 236 cm³/mol. The van der Waals surface area contributed by atoms with Crippen LogP contribution in [0.4, 0.5) is 0 Å². The average molecular weight is 949 g/mol. The fourth-order valence-electron chi connectivity index (χ4n) is 5.91. The van der Waals surface area contributed by atoms with Crippen molar-refractivity contribution < 1.29 is 81.6 Å². The van der Waals surface area contributed by atoms with Gasteiger partial charge in [-0.25, -0.2) is 0 Å². The molecule has 0 aliphatic rings. The van der Waals surface area contributed by atoms with E-state index in [1.54, 1.807) is 36.4 Å². The molecular formula is C52H46O6Zr2-2. The number of hydrogen-bond donors (Lipinski definition) is 0. The number of methoxy groups -OCH3 is 4. The van der Waals surface area contributed by atoms with Gasteiger partial charge in [-0.05, 0) is 35.8 Å². The number of hydrogen-bond acceptors (Lipinski definition) is 6. The van der Waals surface area contributed by atoms with E-state index in [1.165, 1.54) is 71.5 Å². The van der Waals surface area contributed by atoms with E-state index in [2.05, 4.69) is 170 Å². The van der Waals surface area contributed by atoms with Crippen LogP contribution in [0.2, 0.25) is 0 Å². The van der Waals surface area contributed by atoms with E-state index in [1.807, 2.05) is 0 Å². The first-order chi connectivity index (χ1) is 28.4. The molecule has 8 heteroatoms. The summed E-state index contributed by atoms with van der Waals surface area (Å²) in [7, 11) is 5.82. The molecule has 0 amide bonds. The molecule has 300 valence electrons. The molecule has 0 aliphatic carbocycles. The van der Waals surface area contributed by atoms with Crippen molar-refractivity contribution in [1.29, 1.82) is 0 Å². The van der Waals surface area contributed by atoms with Gasteiger partial charge in [0, 0.05) is 0 Å². The second-order valence-corrected chi connectivity index (χ2v) is 12.6. The molecule has 0 aromatic heterocycles. The SMILES string of the molecule is COc1cccc(OC)c1[O-].COc1cccc(OC)c1[O-].[Zr+2].[Zr+2].c1ccc2[cH-]ccc2c1.c1ccc2[cH-]ccc2c1.c1ccc2[cH-]ccc2c1.c1ccc2[cH-]ccc2c1. The summed E-state index contributed by atoms with van der Waals surface area (Å²) in [6.45, 7) is 0. The van der Waals surface area contributed by atoms with Crippen LogP contribution in [0.15, 0.2) is 206 Å². The Hall–Kier alpha value is -5.67. The molecule has 0 heterocycles. The molecule has 0 unspecified atom stereocenters. The smallest absolute Gasteiger partial charge is 0.867 e. The number of rotatable bonds is 4. The molecule has 0 radical (unpaired) electrons. The van der Waals surface area contributed by atoms with Crippen LogP contribution in [0.5, 0.6) is 34.5 Å². The molecule has 0 saturated heterocycles. The zero-order valence-electron chi connectivity index (χ0n) is 34.1. The van der Waals surface area contributed by atoms with Gasteiger partial charge in [0.15, 0.2) is 0 Å². The quantitative estimate of drug-likeness (QED) is 0.163. The van der Waals surface area contributed by atoms with Gasteiger partial charge in [0.2, 0.25) is 0 Å². The summed E-state index contributed by atoms with van der Waals surface area (Å²) in [4.78, 5) is 0. The molecule has 0 spiro atoms. The van der Waals surface area contributed by atoms with E-state index in [9.17, 15) is 10.2 Å². The van der Waals surface area contributed by atoms with Gasteiger partial charge in [-0.1, -0.05) is 36.4 Å². The van der Waals surface area contributed by atoms with E-state index in [-0.39, 0.29) is 63.9 Å². The number of ether oxygens (including phenoxy) is 4. The minimum Gasteiger partial charge on any atom is -0.867 e. The third-order valence-corrected chi connectivity index (χ3v) is 8.96. The molecule has 10 aromatic rings. The molecule has 0 fully saturated rings. The second-order valence-electron chi connectivity index (χ2n) is 12.6. The van der Waals surface area contributed by atoms with Crippen LogP contribution in [0, 0.1) is 0 Å². The average Bonchev–Trinajstić information content (AvgIpc) is 4.12. The van der Waals surface area contributed by atoms with Crippen molar-refractivity contribution in [3.63, 3.8) is 0 Å². The van der Waals surface area contributed by atoms with Gasteiger partial charge >= 0.3 is 52.4 Å². The van der Waals surface area contributed by atoms with Crippen molar-refractivity contribution in [1.82, 2.24) is 0 Å². The zero-order chi connectivity index (χ0) is 41.0. The van der Waals surface area contributed by atoms with Gasteiger partial charge < -0.3 is 29.2 Å². The molecule has 0 aliphatic heterocycles. The molecule has 0 bridgehead atoms. The third kappa shape index (κ3) is 14.3. The van der Waals surface area contributed by atoms with E-state index >= 15 is 0 Å². The van der Waals surface area contributed by atoms with Crippen LogP contribution in [0.1, 0.15) is 0 Å². The molecule has 0 atom stereocenters. The molecule has 10 aromatic carbocycles. The Kier molecular flexibility index (Phi) is 21.4. The van der Waals surface area contributed by atoms with Gasteiger partial charge in [-0.15, -0.1) is 119 Å². The Morgan fingerprint density at radius 1 is 0.300 bits per heavy atom. The second kappa shape index (κ2) is 26.4. The molecule has 0 N–H and O–H groups in total. The summed E-state index contributed by atoms with van der Waals surface area (Å²) in [6.07, 6.45) is 0. The Morgan fingerprint density at radius 2 is 0.517 bits per heavy atom. The summed E-state index contributed by atoms with van der Waals surface area (Å²) in [5, 5.41) is 33.0. The first-order valence-electron chi connectivity index (χ1n) is 18.6. The zero-order valence-corrected chi connectivity index (χ0v) is 39.0. The molecule has 6 nitrogen and oxygen atoms in total. The maximum atomic E-state index is 11.2. The standard InChI is InChI=1S/4C9H7.2C8H10O3.2Zr/c4*1-2-5-9-7-3-6-8(9)4-1;2*1-10-6-4-3-5-7(11-2)8(6)9;;/h4*1-7H;2*3-5,9H,1-2H3;;/q4*-1;;;2*+2/p-2. The van der Waals surface area contributed by atoms with Crippen LogP contribution >= 0.6 is 0 Å². The Bertz CT molecular complexity index is 2200.